The van der Waals surface area contributed by atoms with Gasteiger partial charge in [0, 0.05) is 16.6 Å². The molecule has 0 aliphatic carbocycles. The molecule has 4 heteroatoms. The normalized spacial score (nSPS) is 10.8. The molecule has 1 N–H and O–H groups in total. The summed E-state index contributed by atoms with van der Waals surface area (Å²) in [6.45, 7) is 2.26. The Hall–Kier alpha value is -2.20. The minimum atomic E-state index is -0.275. The number of carbonyl (C=O) groups excluding carboxylic acids is 1. The number of halogens is 1. The van der Waals surface area contributed by atoms with Crippen LogP contribution in [0.1, 0.15) is 20.8 Å². The summed E-state index contributed by atoms with van der Waals surface area (Å²) in [5, 5.41) is 3.43. The summed E-state index contributed by atoms with van der Waals surface area (Å²) in [7, 11) is 0. The molecule has 0 fully saturated rings. The monoisotopic (exact) mass is 299 g/mol. The van der Waals surface area contributed by atoms with E-state index in [0.717, 1.165) is 10.3 Å². The van der Waals surface area contributed by atoms with Crippen LogP contribution in [-0.2, 0) is 6.54 Å². The number of hydrogen-bond donors (Lipinski definition) is 1. The maximum Gasteiger partial charge on any atom is 0.261 e. The van der Waals surface area contributed by atoms with E-state index < -0.39 is 0 Å². The Morgan fingerprint density at radius 3 is 2.62 bits per heavy atom. The van der Waals surface area contributed by atoms with Crippen LogP contribution in [0.15, 0.2) is 48.5 Å². The standard InChI is InChI=1S/C17H14FNOS/c1-11-15-13(18)8-5-9-14(15)21-16(11)17(20)19-10-12-6-3-2-4-7-12/h2-9H,10H2,1H3,(H,19,20). The van der Waals surface area contributed by atoms with Gasteiger partial charge in [-0.2, -0.15) is 0 Å². The van der Waals surface area contributed by atoms with Gasteiger partial charge in [-0.25, -0.2) is 4.39 Å². The maximum atomic E-state index is 13.8. The second-order valence-corrected chi connectivity index (χ2v) is 5.89. The van der Waals surface area contributed by atoms with Crippen molar-refractivity contribution >= 4 is 27.3 Å². The van der Waals surface area contributed by atoms with Gasteiger partial charge in [-0.15, -0.1) is 11.3 Å². The van der Waals surface area contributed by atoms with Crippen LogP contribution in [0.25, 0.3) is 10.1 Å². The number of aryl methyl sites for hydroxylation is 1. The molecule has 0 aliphatic heterocycles. The minimum Gasteiger partial charge on any atom is -0.347 e. The molecule has 0 saturated heterocycles. The zero-order valence-corrected chi connectivity index (χ0v) is 12.3. The van der Waals surface area contributed by atoms with Gasteiger partial charge >= 0.3 is 0 Å². The van der Waals surface area contributed by atoms with Crippen molar-refractivity contribution in [1.29, 1.82) is 0 Å². The van der Waals surface area contributed by atoms with Crippen molar-refractivity contribution in [2.75, 3.05) is 0 Å². The van der Waals surface area contributed by atoms with Gasteiger partial charge in [0.1, 0.15) is 5.82 Å². The van der Waals surface area contributed by atoms with Gasteiger partial charge < -0.3 is 5.32 Å². The second kappa shape index (κ2) is 5.66. The average Bonchev–Trinajstić information content (AvgIpc) is 2.84. The Bertz CT molecular complexity index is 795. The van der Waals surface area contributed by atoms with Crippen LogP contribution >= 0.6 is 11.3 Å². The second-order valence-electron chi connectivity index (χ2n) is 4.84. The number of carbonyl (C=O) groups is 1. The Morgan fingerprint density at radius 2 is 1.90 bits per heavy atom. The zero-order valence-electron chi connectivity index (χ0n) is 11.5. The highest BCUT2D eigenvalue weighted by atomic mass is 32.1. The van der Waals surface area contributed by atoms with Crippen molar-refractivity contribution in [1.82, 2.24) is 5.32 Å². The lowest BCUT2D eigenvalue weighted by atomic mass is 10.1. The maximum absolute atomic E-state index is 13.8. The lowest BCUT2D eigenvalue weighted by Crippen LogP contribution is -2.22. The molecule has 1 amide bonds. The first-order valence-corrected chi connectivity index (χ1v) is 7.48. The molecule has 0 spiro atoms. The predicted molar refractivity (Wildman–Crippen MR) is 84.1 cm³/mol. The van der Waals surface area contributed by atoms with Crippen LogP contribution in [-0.4, -0.2) is 5.91 Å². The molecule has 0 bridgehead atoms. The van der Waals surface area contributed by atoms with Gasteiger partial charge in [0.15, 0.2) is 0 Å². The summed E-state index contributed by atoms with van der Waals surface area (Å²) < 4.78 is 14.7. The summed E-state index contributed by atoms with van der Waals surface area (Å²) in [5.74, 6) is -0.430. The van der Waals surface area contributed by atoms with E-state index in [1.54, 1.807) is 13.0 Å². The molecular formula is C17H14FNOS. The highest BCUT2D eigenvalue weighted by Crippen LogP contribution is 2.32. The van der Waals surface area contributed by atoms with Crippen LogP contribution < -0.4 is 5.32 Å². The van der Waals surface area contributed by atoms with E-state index in [9.17, 15) is 9.18 Å². The van der Waals surface area contributed by atoms with Crippen LogP contribution in [0.4, 0.5) is 4.39 Å². The quantitative estimate of drug-likeness (QED) is 0.768. The Labute approximate surface area is 126 Å². The number of rotatable bonds is 3. The van der Waals surface area contributed by atoms with E-state index in [0.29, 0.717) is 22.4 Å². The molecule has 0 unspecified atom stereocenters. The minimum absolute atomic E-state index is 0.156. The van der Waals surface area contributed by atoms with Gasteiger partial charge in [0.25, 0.3) is 5.91 Å². The zero-order chi connectivity index (χ0) is 14.8. The lowest BCUT2D eigenvalue weighted by molar-refractivity contribution is 0.0954. The fraction of sp³-hybridized carbons (Fsp3) is 0.118. The number of benzene rings is 2. The molecule has 0 atom stereocenters. The number of thiophene rings is 1. The summed E-state index contributed by atoms with van der Waals surface area (Å²) in [6.07, 6.45) is 0. The Kier molecular flexibility index (Phi) is 3.71. The largest absolute Gasteiger partial charge is 0.347 e. The first-order chi connectivity index (χ1) is 10.2. The van der Waals surface area contributed by atoms with Gasteiger partial charge in [-0.3, -0.25) is 4.79 Å². The molecule has 2 aromatic carbocycles. The van der Waals surface area contributed by atoms with E-state index in [1.165, 1.54) is 17.4 Å². The molecular weight excluding hydrogens is 285 g/mol. The summed E-state index contributed by atoms with van der Waals surface area (Å²) >= 11 is 1.33. The van der Waals surface area contributed by atoms with Crippen molar-refractivity contribution in [3.63, 3.8) is 0 Å². The van der Waals surface area contributed by atoms with Crippen molar-refractivity contribution < 1.29 is 9.18 Å². The number of hydrogen-bond acceptors (Lipinski definition) is 2. The molecule has 0 saturated carbocycles. The predicted octanol–water partition coefficient (Wildman–Crippen LogP) is 4.28. The lowest BCUT2D eigenvalue weighted by Gasteiger charge is -2.04. The SMILES string of the molecule is Cc1c(C(=O)NCc2ccccc2)sc2cccc(F)c12. The smallest absolute Gasteiger partial charge is 0.261 e. The van der Waals surface area contributed by atoms with E-state index in [1.807, 2.05) is 36.4 Å². The summed E-state index contributed by atoms with van der Waals surface area (Å²) in [6, 6.07) is 14.6. The van der Waals surface area contributed by atoms with Crippen LogP contribution in [0.5, 0.6) is 0 Å². The fourth-order valence-corrected chi connectivity index (χ4v) is 3.47. The van der Waals surface area contributed by atoms with Gasteiger partial charge in [0.2, 0.25) is 0 Å². The van der Waals surface area contributed by atoms with E-state index in [4.69, 9.17) is 0 Å². The number of fused-ring (bicyclic) bond motifs is 1. The number of amides is 1. The fourth-order valence-electron chi connectivity index (χ4n) is 2.33. The molecule has 1 heterocycles. The Morgan fingerprint density at radius 1 is 1.14 bits per heavy atom. The third-order valence-electron chi connectivity index (χ3n) is 3.41. The molecule has 3 rings (SSSR count). The Balaban J connectivity index is 1.85. The van der Waals surface area contributed by atoms with Crippen LogP contribution in [0, 0.1) is 12.7 Å². The van der Waals surface area contributed by atoms with E-state index >= 15 is 0 Å². The highest BCUT2D eigenvalue weighted by molar-refractivity contribution is 7.21. The third kappa shape index (κ3) is 2.67. The van der Waals surface area contributed by atoms with Crippen molar-refractivity contribution in [3.8, 4) is 0 Å². The van der Waals surface area contributed by atoms with Crippen LogP contribution in [0.3, 0.4) is 0 Å². The molecule has 2 nitrogen and oxygen atoms in total. The molecule has 21 heavy (non-hydrogen) atoms. The van der Waals surface area contributed by atoms with Gasteiger partial charge in [-0.1, -0.05) is 36.4 Å². The van der Waals surface area contributed by atoms with Crippen molar-refractivity contribution in [2.24, 2.45) is 0 Å². The van der Waals surface area contributed by atoms with Crippen molar-refractivity contribution in [3.05, 3.63) is 70.4 Å². The van der Waals surface area contributed by atoms with E-state index in [2.05, 4.69) is 5.32 Å². The first-order valence-electron chi connectivity index (χ1n) is 6.66. The van der Waals surface area contributed by atoms with Crippen LogP contribution in [0.2, 0.25) is 0 Å². The van der Waals surface area contributed by atoms with E-state index in [-0.39, 0.29) is 11.7 Å². The summed E-state index contributed by atoms with van der Waals surface area (Å²) in [4.78, 5) is 12.9. The van der Waals surface area contributed by atoms with Crippen molar-refractivity contribution in [2.45, 2.75) is 13.5 Å². The molecule has 106 valence electrons. The average molecular weight is 299 g/mol. The summed E-state index contributed by atoms with van der Waals surface area (Å²) in [5.41, 5.74) is 1.74. The molecule has 0 aliphatic rings. The first kappa shape index (κ1) is 13.8. The molecule has 0 radical (unpaired) electrons. The third-order valence-corrected chi connectivity index (χ3v) is 4.66. The molecule has 1 aromatic heterocycles. The topological polar surface area (TPSA) is 29.1 Å². The highest BCUT2D eigenvalue weighted by Gasteiger charge is 2.17. The number of nitrogens with one attached hydrogen (secondary N) is 1. The van der Waals surface area contributed by atoms with Gasteiger partial charge in [-0.05, 0) is 30.2 Å². The molecule has 3 aromatic rings. The van der Waals surface area contributed by atoms with Gasteiger partial charge in [0.05, 0.1) is 4.88 Å².